The summed E-state index contributed by atoms with van der Waals surface area (Å²) in [5.74, 6) is -0.0519. The average molecular weight is 328 g/mol. The van der Waals surface area contributed by atoms with Gasteiger partial charge in [-0.25, -0.2) is 8.42 Å². The fourth-order valence-electron chi connectivity index (χ4n) is 2.06. The van der Waals surface area contributed by atoms with Crippen molar-refractivity contribution in [3.05, 3.63) is 29.2 Å². The van der Waals surface area contributed by atoms with Crippen LogP contribution in [0, 0.1) is 6.92 Å². The molecule has 1 atom stereocenters. The number of hydrogen-bond donors (Lipinski definition) is 0. The number of rotatable bonds is 7. The third kappa shape index (κ3) is 4.14. The highest BCUT2D eigenvalue weighted by Crippen LogP contribution is 2.16. The Bertz CT molecular complexity index is 735. The van der Waals surface area contributed by atoms with Crippen molar-refractivity contribution >= 4 is 9.84 Å². The molecule has 0 aliphatic heterocycles. The lowest BCUT2D eigenvalue weighted by Gasteiger charge is -2.04. The van der Waals surface area contributed by atoms with E-state index < -0.39 is 9.84 Å². The van der Waals surface area contributed by atoms with Crippen molar-refractivity contribution in [3.63, 3.8) is 0 Å². The summed E-state index contributed by atoms with van der Waals surface area (Å²) in [5, 5.41) is 7.90. The van der Waals surface area contributed by atoms with Gasteiger partial charge in [0.05, 0.1) is 11.4 Å². The molecule has 0 spiro atoms. The smallest absolute Gasteiger partial charge is 0.241 e. The minimum atomic E-state index is -3.43. The van der Waals surface area contributed by atoms with Gasteiger partial charge in [0, 0.05) is 19.9 Å². The Morgan fingerprint density at radius 1 is 1.41 bits per heavy atom. The highest BCUT2D eigenvalue weighted by molar-refractivity contribution is 7.89. The van der Waals surface area contributed by atoms with E-state index >= 15 is 0 Å². The fourth-order valence-corrected chi connectivity index (χ4v) is 3.36. The summed E-state index contributed by atoms with van der Waals surface area (Å²) < 4.78 is 36.4. The van der Waals surface area contributed by atoms with Crippen LogP contribution in [0.15, 0.2) is 10.7 Å². The molecule has 0 N–H and O–H groups in total. The second-order valence-electron chi connectivity index (χ2n) is 5.11. The van der Waals surface area contributed by atoms with Crippen molar-refractivity contribution in [2.24, 2.45) is 7.05 Å². The first-order valence-corrected chi connectivity index (χ1v) is 8.76. The molecule has 0 aromatic carbocycles. The number of sulfone groups is 1. The Kier molecular flexibility index (Phi) is 4.97. The molecule has 0 fully saturated rings. The van der Waals surface area contributed by atoms with E-state index in [4.69, 9.17) is 9.26 Å². The van der Waals surface area contributed by atoms with Gasteiger partial charge in [-0.3, -0.25) is 4.68 Å². The van der Waals surface area contributed by atoms with Gasteiger partial charge in [-0.15, -0.1) is 0 Å². The zero-order valence-electron chi connectivity index (χ0n) is 13.1. The molecule has 0 radical (unpaired) electrons. The number of hydrogen-bond acceptors (Lipinski definition) is 7. The number of ether oxygens (including phenoxy) is 1. The van der Waals surface area contributed by atoms with Gasteiger partial charge in [-0.2, -0.15) is 10.1 Å². The van der Waals surface area contributed by atoms with Gasteiger partial charge >= 0.3 is 0 Å². The predicted octanol–water partition coefficient (Wildman–Crippen LogP) is 1.32. The summed E-state index contributed by atoms with van der Waals surface area (Å²) in [4.78, 5) is 4.08. The molecule has 8 nitrogen and oxygen atoms in total. The zero-order valence-corrected chi connectivity index (χ0v) is 13.9. The molecule has 9 heteroatoms. The van der Waals surface area contributed by atoms with E-state index in [1.807, 2.05) is 13.8 Å². The second-order valence-corrected chi connectivity index (χ2v) is 7.17. The molecule has 0 amide bonds. The first kappa shape index (κ1) is 16.6. The van der Waals surface area contributed by atoms with E-state index in [1.165, 1.54) is 0 Å². The summed E-state index contributed by atoms with van der Waals surface area (Å²) in [5.41, 5.74) is 1.37. The molecular formula is C13H20N4O4S. The van der Waals surface area contributed by atoms with E-state index in [9.17, 15) is 8.42 Å². The van der Waals surface area contributed by atoms with E-state index in [-0.39, 0.29) is 23.5 Å². The van der Waals surface area contributed by atoms with Crippen LogP contribution in [0.25, 0.3) is 0 Å². The van der Waals surface area contributed by atoms with Gasteiger partial charge in [-0.1, -0.05) is 5.16 Å². The van der Waals surface area contributed by atoms with E-state index in [0.29, 0.717) is 18.1 Å². The summed E-state index contributed by atoms with van der Waals surface area (Å²) >= 11 is 0. The van der Waals surface area contributed by atoms with Crippen LogP contribution in [0.2, 0.25) is 0 Å². The third-order valence-electron chi connectivity index (χ3n) is 3.08. The maximum absolute atomic E-state index is 12.2. The molecule has 22 heavy (non-hydrogen) atoms. The highest BCUT2D eigenvalue weighted by atomic mass is 32.2. The van der Waals surface area contributed by atoms with Crippen LogP contribution in [0.5, 0.6) is 0 Å². The van der Waals surface area contributed by atoms with Crippen LogP contribution in [-0.4, -0.2) is 34.9 Å². The summed E-state index contributed by atoms with van der Waals surface area (Å²) in [6.45, 7) is 5.98. The van der Waals surface area contributed by atoms with Gasteiger partial charge in [0.25, 0.3) is 0 Å². The van der Waals surface area contributed by atoms with Crippen molar-refractivity contribution in [1.29, 1.82) is 0 Å². The topological polar surface area (TPSA) is 100 Å². The van der Waals surface area contributed by atoms with Gasteiger partial charge in [0.1, 0.15) is 11.9 Å². The summed E-state index contributed by atoms with van der Waals surface area (Å²) in [6, 6.07) is 0. The molecule has 2 heterocycles. The van der Waals surface area contributed by atoms with Crippen molar-refractivity contribution in [1.82, 2.24) is 19.9 Å². The van der Waals surface area contributed by atoms with Crippen LogP contribution in [-0.2, 0) is 33.1 Å². The van der Waals surface area contributed by atoms with Gasteiger partial charge in [0.2, 0.25) is 5.89 Å². The molecule has 0 saturated heterocycles. The zero-order chi connectivity index (χ0) is 16.3. The van der Waals surface area contributed by atoms with Crippen LogP contribution in [0.1, 0.15) is 42.9 Å². The third-order valence-corrected chi connectivity index (χ3v) is 4.48. The van der Waals surface area contributed by atoms with Gasteiger partial charge < -0.3 is 9.26 Å². The molecule has 0 bridgehead atoms. The Hall–Kier alpha value is -1.74. The van der Waals surface area contributed by atoms with Crippen LogP contribution in [0.3, 0.4) is 0 Å². The maximum Gasteiger partial charge on any atom is 0.241 e. The number of aromatic nitrogens is 4. The van der Waals surface area contributed by atoms with Crippen molar-refractivity contribution in [3.8, 4) is 0 Å². The van der Waals surface area contributed by atoms with E-state index in [1.54, 1.807) is 24.9 Å². The Morgan fingerprint density at radius 3 is 2.73 bits per heavy atom. The number of nitrogens with zero attached hydrogens (tertiary/aromatic N) is 4. The summed E-state index contributed by atoms with van der Waals surface area (Å²) in [7, 11) is -1.68. The summed E-state index contributed by atoms with van der Waals surface area (Å²) in [6.07, 6.45) is 1.45. The normalized spacial score (nSPS) is 13.5. The highest BCUT2D eigenvalue weighted by Gasteiger charge is 2.22. The quantitative estimate of drug-likeness (QED) is 0.755. The van der Waals surface area contributed by atoms with E-state index in [2.05, 4.69) is 15.2 Å². The molecular weight excluding hydrogens is 308 g/mol. The van der Waals surface area contributed by atoms with Gasteiger partial charge in [0.15, 0.2) is 15.7 Å². The lowest BCUT2D eigenvalue weighted by atomic mass is 10.3. The Morgan fingerprint density at radius 2 is 2.14 bits per heavy atom. The molecule has 2 aromatic heterocycles. The molecule has 2 rings (SSSR count). The Labute approximate surface area is 129 Å². The fraction of sp³-hybridized carbons (Fsp3) is 0.615. The van der Waals surface area contributed by atoms with Crippen molar-refractivity contribution < 1.29 is 17.7 Å². The lowest BCUT2D eigenvalue weighted by Crippen LogP contribution is -2.10. The first-order valence-electron chi connectivity index (χ1n) is 6.94. The molecule has 0 aliphatic rings. The molecule has 1 unspecified atom stereocenters. The van der Waals surface area contributed by atoms with Crippen LogP contribution >= 0.6 is 0 Å². The molecule has 122 valence electrons. The minimum Gasteiger partial charge on any atom is -0.371 e. The largest absolute Gasteiger partial charge is 0.371 e. The maximum atomic E-state index is 12.2. The van der Waals surface area contributed by atoms with E-state index in [0.717, 1.165) is 5.56 Å². The molecule has 0 aliphatic carbocycles. The Balaban J connectivity index is 2.07. The molecule has 0 saturated carbocycles. The number of aryl methyl sites for hydroxylation is 2. The SMILES string of the molecule is CCOC(C)c1noc(CS(=O)(=O)Cc2nn(C)cc2C)n1. The standard InChI is InChI=1S/C13H20N4O4S/c1-5-20-10(3)13-14-12(21-16-13)8-22(18,19)7-11-9(2)6-17(4)15-11/h6,10H,5,7-8H2,1-4H3. The monoisotopic (exact) mass is 328 g/mol. The molecule has 2 aromatic rings. The average Bonchev–Trinajstić information content (AvgIpc) is 2.96. The second kappa shape index (κ2) is 6.57. The van der Waals surface area contributed by atoms with Gasteiger partial charge in [-0.05, 0) is 26.3 Å². The first-order chi connectivity index (χ1) is 10.3. The van der Waals surface area contributed by atoms with Crippen LogP contribution < -0.4 is 0 Å². The van der Waals surface area contributed by atoms with Crippen LogP contribution in [0.4, 0.5) is 0 Å². The van der Waals surface area contributed by atoms with Crippen molar-refractivity contribution in [2.75, 3.05) is 6.61 Å². The predicted molar refractivity (Wildman–Crippen MR) is 78.6 cm³/mol. The minimum absolute atomic E-state index is 0.0649. The van der Waals surface area contributed by atoms with Crippen molar-refractivity contribution in [2.45, 2.75) is 38.4 Å². The lowest BCUT2D eigenvalue weighted by molar-refractivity contribution is 0.0683.